The van der Waals surface area contributed by atoms with E-state index in [1.165, 1.54) is 25.9 Å². The number of rotatable bonds is 5. The van der Waals surface area contributed by atoms with Gasteiger partial charge in [-0.25, -0.2) is 4.79 Å². The van der Waals surface area contributed by atoms with Crippen LogP contribution in [0.4, 0.5) is 4.79 Å². The molecule has 112 valence electrons. The molecule has 1 fully saturated rings. The minimum atomic E-state index is -0.420. The molecule has 1 rings (SSSR count). The van der Waals surface area contributed by atoms with Crippen molar-refractivity contribution in [1.29, 1.82) is 0 Å². The summed E-state index contributed by atoms with van der Waals surface area (Å²) in [4.78, 5) is 13.8. The van der Waals surface area contributed by atoms with E-state index in [1.54, 1.807) is 0 Å². The molecular formula is C14H29N3O2. The lowest BCUT2D eigenvalue weighted by Crippen LogP contribution is -2.41. The van der Waals surface area contributed by atoms with Crippen molar-refractivity contribution in [2.45, 2.75) is 51.7 Å². The molecule has 0 bridgehead atoms. The van der Waals surface area contributed by atoms with Crippen LogP contribution in [-0.2, 0) is 4.74 Å². The van der Waals surface area contributed by atoms with Gasteiger partial charge in [-0.1, -0.05) is 0 Å². The summed E-state index contributed by atoms with van der Waals surface area (Å²) in [5.74, 6) is 0. The number of carbonyl (C=O) groups is 1. The van der Waals surface area contributed by atoms with Gasteiger partial charge in [0.2, 0.25) is 0 Å². The number of piperidine rings is 1. The molecule has 0 atom stereocenters. The van der Waals surface area contributed by atoms with Gasteiger partial charge >= 0.3 is 6.09 Å². The zero-order valence-electron chi connectivity index (χ0n) is 12.8. The molecule has 5 nitrogen and oxygen atoms in total. The number of likely N-dealkylation sites (tertiary alicyclic amines) is 1. The molecule has 5 heteroatoms. The second-order valence-corrected chi connectivity index (χ2v) is 6.31. The van der Waals surface area contributed by atoms with Crippen LogP contribution >= 0.6 is 0 Å². The second-order valence-electron chi connectivity index (χ2n) is 6.31. The molecular weight excluding hydrogens is 242 g/mol. The maximum absolute atomic E-state index is 11.4. The molecule has 1 saturated heterocycles. The smallest absolute Gasteiger partial charge is 0.407 e. The van der Waals surface area contributed by atoms with E-state index in [9.17, 15) is 4.79 Å². The molecule has 0 unspecified atom stereocenters. The van der Waals surface area contributed by atoms with Crippen LogP contribution in [0.5, 0.6) is 0 Å². The van der Waals surface area contributed by atoms with Gasteiger partial charge in [0.15, 0.2) is 0 Å². The van der Waals surface area contributed by atoms with Crippen molar-refractivity contribution in [2.75, 3.05) is 33.2 Å². The lowest BCUT2D eigenvalue weighted by Gasteiger charge is -2.29. The topological polar surface area (TPSA) is 53.6 Å². The number of nitrogens with zero attached hydrogens (tertiary/aromatic N) is 1. The first kappa shape index (κ1) is 16.2. The monoisotopic (exact) mass is 271 g/mol. The third kappa shape index (κ3) is 8.06. The maximum atomic E-state index is 11.4. The summed E-state index contributed by atoms with van der Waals surface area (Å²) in [6, 6.07) is 0.637. The summed E-state index contributed by atoms with van der Waals surface area (Å²) in [5.41, 5.74) is -0.420. The number of hydrogen-bond donors (Lipinski definition) is 2. The summed E-state index contributed by atoms with van der Waals surface area (Å²) in [5, 5.41) is 6.32. The number of amides is 1. The molecule has 0 aromatic rings. The first-order valence-electron chi connectivity index (χ1n) is 7.25. The summed E-state index contributed by atoms with van der Waals surface area (Å²) in [6.07, 6.45) is 3.05. The van der Waals surface area contributed by atoms with Crippen LogP contribution in [0.3, 0.4) is 0 Å². The first-order chi connectivity index (χ1) is 8.87. The molecule has 0 aromatic heterocycles. The van der Waals surface area contributed by atoms with Crippen molar-refractivity contribution in [3.05, 3.63) is 0 Å². The highest BCUT2D eigenvalue weighted by molar-refractivity contribution is 5.67. The summed E-state index contributed by atoms with van der Waals surface area (Å²) in [7, 11) is 2.17. The molecule has 1 aliphatic rings. The number of nitrogens with one attached hydrogen (secondary N) is 2. The van der Waals surface area contributed by atoms with Crippen LogP contribution < -0.4 is 10.6 Å². The number of alkyl carbamates (subject to hydrolysis) is 1. The molecule has 1 amide bonds. The molecule has 2 N–H and O–H groups in total. The van der Waals surface area contributed by atoms with E-state index in [0.717, 1.165) is 13.0 Å². The summed E-state index contributed by atoms with van der Waals surface area (Å²) >= 11 is 0. The van der Waals surface area contributed by atoms with Crippen LogP contribution in [0.15, 0.2) is 0 Å². The lowest BCUT2D eigenvalue weighted by molar-refractivity contribution is 0.0527. The Morgan fingerprint density at radius 3 is 2.47 bits per heavy atom. The highest BCUT2D eigenvalue weighted by Gasteiger charge is 2.16. The van der Waals surface area contributed by atoms with E-state index in [0.29, 0.717) is 12.6 Å². The van der Waals surface area contributed by atoms with Gasteiger partial charge in [-0.15, -0.1) is 0 Å². The van der Waals surface area contributed by atoms with E-state index in [4.69, 9.17) is 4.74 Å². The number of hydrogen-bond acceptors (Lipinski definition) is 4. The van der Waals surface area contributed by atoms with Crippen molar-refractivity contribution >= 4 is 6.09 Å². The summed E-state index contributed by atoms with van der Waals surface area (Å²) < 4.78 is 5.17. The predicted octanol–water partition coefficient (Wildman–Crippen LogP) is 1.58. The van der Waals surface area contributed by atoms with Crippen molar-refractivity contribution in [3.8, 4) is 0 Å². The quantitative estimate of drug-likeness (QED) is 0.746. The third-order valence-corrected chi connectivity index (χ3v) is 3.17. The molecule has 19 heavy (non-hydrogen) atoms. The minimum absolute atomic E-state index is 0.327. The predicted molar refractivity (Wildman–Crippen MR) is 77.4 cm³/mol. The van der Waals surface area contributed by atoms with Crippen molar-refractivity contribution < 1.29 is 9.53 Å². The minimum Gasteiger partial charge on any atom is -0.444 e. The largest absolute Gasteiger partial charge is 0.444 e. The fourth-order valence-electron chi connectivity index (χ4n) is 2.11. The van der Waals surface area contributed by atoms with E-state index in [-0.39, 0.29) is 6.09 Å². The maximum Gasteiger partial charge on any atom is 0.407 e. The Hall–Kier alpha value is -0.810. The van der Waals surface area contributed by atoms with Crippen molar-refractivity contribution in [1.82, 2.24) is 15.5 Å². The first-order valence-corrected chi connectivity index (χ1v) is 7.25. The molecule has 0 aliphatic carbocycles. The van der Waals surface area contributed by atoms with Crippen LogP contribution in [0.1, 0.15) is 40.0 Å². The average molecular weight is 271 g/mol. The second kappa shape index (κ2) is 7.70. The average Bonchev–Trinajstić information content (AvgIpc) is 2.29. The highest BCUT2D eigenvalue weighted by Crippen LogP contribution is 2.08. The Morgan fingerprint density at radius 1 is 1.26 bits per heavy atom. The number of ether oxygens (including phenoxy) is 1. The van der Waals surface area contributed by atoms with Gasteiger partial charge in [-0.05, 0) is 66.7 Å². The molecule has 0 saturated carbocycles. The van der Waals surface area contributed by atoms with Gasteiger partial charge in [0.1, 0.15) is 5.60 Å². The fraction of sp³-hybridized carbons (Fsp3) is 0.929. The SMILES string of the molecule is CN1CCC(NCCCNC(=O)OC(C)(C)C)CC1. The van der Waals surface area contributed by atoms with E-state index in [2.05, 4.69) is 22.6 Å². The molecule has 1 heterocycles. The van der Waals surface area contributed by atoms with Gasteiger partial charge in [-0.3, -0.25) is 0 Å². The van der Waals surface area contributed by atoms with Gasteiger partial charge in [0.25, 0.3) is 0 Å². The Labute approximate surface area is 117 Å². The van der Waals surface area contributed by atoms with Gasteiger partial charge < -0.3 is 20.3 Å². The van der Waals surface area contributed by atoms with Crippen LogP contribution in [-0.4, -0.2) is 55.9 Å². The van der Waals surface area contributed by atoms with Crippen LogP contribution in [0.2, 0.25) is 0 Å². The molecule has 0 radical (unpaired) electrons. The van der Waals surface area contributed by atoms with E-state index < -0.39 is 5.60 Å². The van der Waals surface area contributed by atoms with Crippen molar-refractivity contribution in [2.24, 2.45) is 0 Å². The molecule has 1 aliphatic heterocycles. The standard InChI is InChI=1S/C14H29N3O2/c1-14(2,3)19-13(18)16-9-5-8-15-12-6-10-17(4)11-7-12/h12,15H,5-11H2,1-4H3,(H,16,18). The molecule has 0 aromatic carbocycles. The van der Waals surface area contributed by atoms with Gasteiger partial charge in [-0.2, -0.15) is 0 Å². The third-order valence-electron chi connectivity index (χ3n) is 3.17. The zero-order chi connectivity index (χ0) is 14.3. The lowest BCUT2D eigenvalue weighted by atomic mass is 10.1. The number of carbonyl (C=O) groups excluding carboxylic acids is 1. The van der Waals surface area contributed by atoms with Gasteiger partial charge in [0.05, 0.1) is 0 Å². The Bertz CT molecular complexity index is 268. The highest BCUT2D eigenvalue weighted by atomic mass is 16.6. The van der Waals surface area contributed by atoms with Gasteiger partial charge in [0, 0.05) is 12.6 Å². The van der Waals surface area contributed by atoms with E-state index in [1.807, 2.05) is 20.8 Å². The fourth-order valence-corrected chi connectivity index (χ4v) is 2.11. The van der Waals surface area contributed by atoms with Crippen LogP contribution in [0, 0.1) is 0 Å². The Morgan fingerprint density at radius 2 is 1.89 bits per heavy atom. The zero-order valence-corrected chi connectivity index (χ0v) is 12.8. The van der Waals surface area contributed by atoms with Crippen LogP contribution in [0.25, 0.3) is 0 Å². The Balaban J connectivity index is 1.98. The molecule has 0 spiro atoms. The summed E-state index contributed by atoms with van der Waals surface area (Å²) in [6.45, 7) is 9.57. The van der Waals surface area contributed by atoms with Crippen molar-refractivity contribution in [3.63, 3.8) is 0 Å². The van der Waals surface area contributed by atoms with E-state index >= 15 is 0 Å². The normalized spacial score (nSPS) is 18.3. The Kier molecular flexibility index (Phi) is 6.58.